The van der Waals surface area contributed by atoms with Gasteiger partial charge in [-0.2, -0.15) is 0 Å². The quantitative estimate of drug-likeness (QED) is 0.651. The van der Waals surface area contributed by atoms with Crippen LogP contribution < -0.4 is 5.32 Å². The summed E-state index contributed by atoms with van der Waals surface area (Å²) < 4.78 is 2.19. The van der Waals surface area contributed by atoms with Crippen LogP contribution in [0.5, 0.6) is 0 Å². The van der Waals surface area contributed by atoms with Crippen molar-refractivity contribution < 1.29 is 0 Å². The van der Waals surface area contributed by atoms with E-state index in [4.69, 9.17) is 0 Å². The maximum absolute atomic E-state index is 3.19. The van der Waals surface area contributed by atoms with Gasteiger partial charge in [-0.15, -0.1) is 0 Å². The molecule has 1 heterocycles. The fourth-order valence-corrected chi connectivity index (χ4v) is 1.47. The van der Waals surface area contributed by atoms with Gasteiger partial charge < -0.3 is 9.88 Å². The summed E-state index contributed by atoms with van der Waals surface area (Å²) in [6.07, 6.45) is 0. The third kappa shape index (κ3) is 1.02. The minimum Gasteiger partial charge on any atom is -0.374 e. The van der Waals surface area contributed by atoms with E-state index in [0.717, 1.165) is 0 Å². The minimum atomic E-state index is 1.22. The van der Waals surface area contributed by atoms with Crippen molar-refractivity contribution in [3.63, 3.8) is 0 Å². The maximum Gasteiger partial charge on any atom is 0.108 e. The molecule has 1 aromatic rings. The molecule has 0 saturated heterocycles. The molecule has 0 amide bonds. The Morgan fingerprint density at radius 2 is 1.64 bits per heavy atom. The zero-order chi connectivity index (χ0) is 8.59. The molecule has 2 nitrogen and oxygen atoms in total. The predicted octanol–water partition coefficient (Wildman–Crippen LogP) is 1.99. The van der Waals surface area contributed by atoms with Crippen LogP contribution in [0.15, 0.2) is 0 Å². The molecular formula is C9H16N2. The van der Waals surface area contributed by atoms with Crippen LogP contribution in [0.2, 0.25) is 0 Å². The summed E-state index contributed by atoms with van der Waals surface area (Å²) in [4.78, 5) is 0. The zero-order valence-electron chi connectivity index (χ0n) is 7.95. The normalized spacial score (nSPS) is 10.3. The molecule has 0 aliphatic carbocycles. The molecule has 0 radical (unpaired) electrons. The van der Waals surface area contributed by atoms with Gasteiger partial charge in [-0.25, -0.2) is 0 Å². The first kappa shape index (κ1) is 8.18. The SMILES string of the molecule is CNc1c(C)c(C)c(C)n1C. The highest BCUT2D eigenvalue weighted by atomic mass is 15.1. The average molecular weight is 152 g/mol. The minimum absolute atomic E-state index is 1.22. The molecule has 2 heteroatoms. The van der Waals surface area contributed by atoms with E-state index in [0.29, 0.717) is 0 Å². The second-order valence-electron chi connectivity index (χ2n) is 2.99. The van der Waals surface area contributed by atoms with Crippen LogP contribution in [0.1, 0.15) is 16.8 Å². The van der Waals surface area contributed by atoms with Crippen molar-refractivity contribution in [2.45, 2.75) is 20.8 Å². The smallest absolute Gasteiger partial charge is 0.108 e. The molecule has 0 spiro atoms. The molecule has 0 aliphatic rings. The summed E-state index contributed by atoms with van der Waals surface area (Å²) in [5.74, 6) is 1.22. The van der Waals surface area contributed by atoms with Crippen molar-refractivity contribution >= 4 is 5.82 Å². The second-order valence-corrected chi connectivity index (χ2v) is 2.99. The average Bonchev–Trinajstić information content (AvgIpc) is 2.17. The first-order valence-corrected chi connectivity index (χ1v) is 3.89. The Labute approximate surface area is 68.2 Å². The van der Waals surface area contributed by atoms with Gasteiger partial charge in [0.15, 0.2) is 0 Å². The summed E-state index contributed by atoms with van der Waals surface area (Å²) >= 11 is 0. The number of nitrogens with zero attached hydrogens (tertiary/aromatic N) is 1. The first-order chi connectivity index (χ1) is 5.09. The van der Waals surface area contributed by atoms with Crippen LogP contribution >= 0.6 is 0 Å². The standard InChI is InChI=1S/C9H16N2/c1-6-7(2)9(10-4)11(5)8(6)3/h10H,1-5H3. The van der Waals surface area contributed by atoms with Crippen LogP contribution in [0.3, 0.4) is 0 Å². The van der Waals surface area contributed by atoms with E-state index in [1.165, 1.54) is 22.6 Å². The third-order valence-corrected chi connectivity index (χ3v) is 2.54. The lowest BCUT2D eigenvalue weighted by atomic mass is 10.2. The summed E-state index contributed by atoms with van der Waals surface area (Å²) in [6.45, 7) is 6.45. The van der Waals surface area contributed by atoms with E-state index >= 15 is 0 Å². The Hall–Kier alpha value is -0.920. The van der Waals surface area contributed by atoms with Gasteiger partial charge in [0, 0.05) is 19.8 Å². The van der Waals surface area contributed by atoms with E-state index in [9.17, 15) is 0 Å². The third-order valence-electron chi connectivity index (χ3n) is 2.54. The molecule has 62 valence electrons. The van der Waals surface area contributed by atoms with Crippen LogP contribution in [0.25, 0.3) is 0 Å². The van der Waals surface area contributed by atoms with E-state index in [1.54, 1.807) is 0 Å². The molecule has 0 aliphatic heterocycles. The van der Waals surface area contributed by atoms with Gasteiger partial charge in [-0.05, 0) is 31.9 Å². The van der Waals surface area contributed by atoms with Crippen molar-refractivity contribution in [1.82, 2.24) is 4.57 Å². The Morgan fingerprint density at radius 1 is 1.09 bits per heavy atom. The molecule has 11 heavy (non-hydrogen) atoms. The Kier molecular flexibility index (Phi) is 1.94. The molecule has 0 unspecified atom stereocenters. The van der Waals surface area contributed by atoms with Gasteiger partial charge in [0.25, 0.3) is 0 Å². The molecule has 1 N–H and O–H groups in total. The van der Waals surface area contributed by atoms with Gasteiger partial charge in [-0.1, -0.05) is 0 Å². The fourth-order valence-electron chi connectivity index (χ4n) is 1.47. The van der Waals surface area contributed by atoms with Gasteiger partial charge in [0.2, 0.25) is 0 Å². The molecule has 0 bridgehead atoms. The highest BCUT2D eigenvalue weighted by molar-refractivity contribution is 5.52. The second kappa shape index (κ2) is 2.61. The first-order valence-electron chi connectivity index (χ1n) is 3.89. The summed E-state index contributed by atoms with van der Waals surface area (Å²) in [5.41, 5.74) is 4.08. The number of nitrogens with one attached hydrogen (secondary N) is 1. The number of anilines is 1. The fraction of sp³-hybridized carbons (Fsp3) is 0.556. The van der Waals surface area contributed by atoms with Crippen molar-refractivity contribution in [2.75, 3.05) is 12.4 Å². The number of aromatic nitrogens is 1. The molecule has 0 saturated carbocycles. The zero-order valence-corrected chi connectivity index (χ0v) is 7.95. The summed E-state index contributed by atoms with van der Waals surface area (Å²) in [7, 11) is 4.04. The number of hydrogen-bond acceptors (Lipinski definition) is 1. The molecule has 0 fully saturated rings. The number of hydrogen-bond donors (Lipinski definition) is 1. The Balaban J connectivity index is 3.36. The molecule has 1 rings (SSSR count). The van der Waals surface area contributed by atoms with Gasteiger partial charge in [0.05, 0.1) is 0 Å². The van der Waals surface area contributed by atoms with Crippen LogP contribution in [0, 0.1) is 20.8 Å². The Bertz CT molecular complexity index is 246. The molecular weight excluding hydrogens is 136 g/mol. The lowest BCUT2D eigenvalue weighted by molar-refractivity contribution is 0.881. The predicted molar refractivity (Wildman–Crippen MR) is 49.2 cm³/mol. The van der Waals surface area contributed by atoms with Crippen molar-refractivity contribution in [2.24, 2.45) is 7.05 Å². The van der Waals surface area contributed by atoms with Crippen LogP contribution in [-0.2, 0) is 7.05 Å². The van der Waals surface area contributed by atoms with Crippen LogP contribution in [0.4, 0.5) is 5.82 Å². The van der Waals surface area contributed by atoms with Crippen molar-refractivity contribution in [3.05, 3.63) is 16.8 Å². The highest BCUT2D eigenvalue weighted by Gasteiger charge is 2.08. The molecule has 0 aromatic carbocycles. The summed E-state index contributed by atoms with van der Waals surface area (Å²) in [5, 5.41) is 3.19. The highest BCUT2D eigenvalue weighted by Crippen LogP contribution is 2.23. The van der Waals surface area contributed by atoms with Gasteiger partial charge in [0.1, 0.15) is 5.82 Å². The molecule has 1 aromatic heterocycles. The van der Waals surface area contributed by atoms with Crippen molar-refractivity contribution in [1.29, 1.82) is 0 Å². The largest absolute Gasteiger partial charge is 0.374 e. The van der Waals surface area contributed by atoms with Crippen LogP contribution in [-0.4, -0.2) is 11.6 Å². The topological polar surface area (TPSA) is 17.0 Å². The molecule has 0 atom stereocenters. The van der Waals surface area contributed by atoms with E-state index in [-0.39, 0.29) is 0 Å². The van der Waals surface area contributed by atoms with E-state index < -0.39 is 0 Å². The van der Waals surface area contributed by atoms with Gasteiger partial charge in [-0.3, -0.25) is 0 Å². The van der Waals surface area contributed by atoms with Crippen molar-refractivity contribution in [3.8, 4) is 0 Å². The lowest BCUT2D eigenvalue weighted by Gasteiger charge is -2.03. The summed E-state index contributed by atoms with van der Waals surface area (Å²) in [6, 6.07) is 0. The number of rotatable bonds is 1. The Morgan fingerprint density at radius 3 is 1.82 bits per heavy atom. The van der Waals surface area contributed by atoms with Gasteiger partial charge >= 0.3 is 0 Å². The van der Waals surface area contributed by atoms with E-state index in [1.807, 2.05) is 7.05 Å². The van der Waals surface area contributed by atoms with E-state index in [2.05, 4.69) is 37.7 Å². The maximum atomic E-state index is 3.19. The lowest BCUT2D eigenvalue weighted by Crippen LogP contribution is -1.99. The monoisotopic (exact) mass is 152 g/mol.